The molecule has 2 aromatic rings. The van der Waals surface area contributed by atoms with Crippen LogP contribution in [0.2, 0.25) is 5.02 Å². The van der Waals surface area contributed by atoms with E-state index in [0.717, 1.165) is 4.47 Å². The minimum atomic E-state index is -0.236. The summed E-state index contributed by atoms with van der Waals surface area (Å²) in [5.41, 5.74) is 0. The molecule has 6 heteroatoms. The van der Waals surface area contributed by atoms with Gasteiger partial charge in [-0.15, -0.1) is 0 Å². The second kappa shape index (κ2) is 6.81. The summed E-state index contributed by atoms with van der Waals surface area (Å²) in [4.78, 5) is 11.6. The monoisotopic (exact) mass is 357 g/mol. The molecule has 0 saturated heterocycles. The molecule has 0 aliphatic rings. The second-order valence-corrected chi connectivity index (χ2v) is 5.31. The van der Waals surface area contributed by atoms with Gasteiger partial charge in [0, 0.05) is 11.0 Å². The molecule has 0 aliphatic carbocycles. The third kappa shape index (κ3) is 3.77. The molecule has 106 valence electrons. The van der Waals surface area contributed by atoms with Crippen LogP contribution in [-0.2, 0) is 6.61 Å². The first-order valence-corrected chi connectivity index (χ1v) is 7.22. The van der Waals surface area contributed by atoms with Gasteiger partial charge >= 0.3 is 0 Å². The number of carbonyl (C=O) groups excluding carboxylic acids is 1. The van der Waals surface area contributed by atoms with E-state index in [4.69, 9.17) is 20.8 Å². The second-order valence-electron chi connectivity index (χ2n) is 3.99. The molecule has 1 heterocycles. The first-order valence-electron chi connectivity index (χ1n) is 6.05. The van der Waals surface area contributed by atoms with Crippen LogP contribution in [0.1, 0.15) is 23.2 Å². The lowest BCUT2D eigenvalue weighted by Crippen LogP contribution is -2.21. The lowest BCUT2D eigenvalue weighted by atomic mass is 10.3. The molecule has 0 saturated carbocycles. The van der Waals surface area contributed by atoms with Crippen LogP contribution in [0.3, 0.4) is 0 Å². The Kier molecular flexibility index (Phi) is 5.09. The van der Waals surface area contributed by atoms with Crippen molar-refractivity contribution >= 4 is 33.4 Å². The molecule has 1 amide bonds. The predicted molar refractivity (Wildman–Crippen MR) is 80.2 cm³/mol. The van der Waals surface area contributed by atoms with Crippen LogP contribution in [-0.4, -0.2) is 12.5 Å². The zero-order valence-electron chi connectivity index (χ0n) is 10.8. The number of ether oxygens (including phenoxy) is 1. The van der Waals surface area contributed by atoms with E-state index in [-0.39, 0.29) is 18.3 Å². The molecule has 0 radical (unpaired) electrons. The van der Waals surface area contributed by atoms with Crippen LogP contribution in [0.5, 0.6) is 5.75 Å². The van der Waals surface area contributed by atoms with Crippen LogP contribution in [0.4, 0.5) is 0 Å². The van der Waals surface area contributed by atoms with Crippen molar-refractivity contribution in [3.63, 3.8) is 0 Å². The SMILES string of the molecule is CCNC(=O)c1ccc(COc2ccc(Br)cc2Cl)o1. The van der Waals surface area contributed by atoms with E-state index in [1.54, 1.807) is 24.3 Å². The van der Waals surface area contributed by atoms with E-state index in [0.29, 0.717) is 23.1 Å². The zero-order valence-corrected chi connectivity index (χ0v) is 13.1. The first kappa shape index (κ1) is 14.9. The fourth-order valence-corrected chi connectivity index (χ4v) is 2.29. The van der Waals surface area contributed by atoms with Crippen molar-refractivity contribution in [2.75, 3.05) is 6.54 Å². The van der Waals surface area contributed by atoms with Crippen molar-refractivity contribution in [1.82, 2.24) is 5.32 Å². The number of rotatable bonds is 5. The summed E-state index contributed by atoms with van der Waals surface area (Å²) in [5, 5.41) is 3.17. The lowest BCUT2D eigenvalue weighted by molar-refractivity contribution is 0.0924. The highest BCUT2D eigenvalue weighted by molar-refractivity contribution is 9.10. The Morgan fingerprint density at radius 1 is 1.40 bits per heavy atom. The van der Waals surface area contributed by atoms with Gasteiger partial charge in [-0.1, -0.05) is 27.5 Å². The number of hydrogen-bond acceptors (Lipinski definition) is 3. The van der Waals surface area contributed by atoms with Gasteiger partial charge in [-0.25, -0.2) is 0 Å². The number of furan rings is 1. The molecule has 0 spiro atoms. The molecule has 2 rings (SSSR count). The van der Waals surface area contributed by atoms with Crippen LogP contribution in [0.15, 0.2) is 39.2 Å². The van der Waals surface area contributed by atoms with E-state index in [2.05, 4.69) is 21.2 Å². The normalized spacial score (nSPS) is 10.3. The third-order valence-electron chi connectivity index (χ3n) is 2.49. The number of hydrogen-bond donors (Lipinski definition) is 1. The molecule has 20 heavy (non-hydrogen) atoms. The van der Waals surface area contributed by atoms with Gasteiger partial charge in [0.1, 0.15) is 18.1 Å². The molecular weight excluding hydrogens is 346 g/mol. The largest absolute Gasteiger partial charge is 0.484 e. The molecule has 0 aliphatic heterocycles. The fourth-order valence-electron chi connectivity index (χ4n) is 1.57. The molecule has 1 aromatic carbocycles. The third-order valence-corrected chi connectivity index (χ3v) is 3.28. The maximum Gasteiger partial charge on any atom is 0.286 e. The van der Waals surface area contributed by atoms with E-state index < -0.39 is 0 Å². The average Bonchev–Trinajstić information content (AvgIpc) is 2.87. The van der Waals surface area contributed by atoms with Gasteiger partial charge in [-0.05, 0) is 37.3 Å². The molecule has 0 bridgehead atoms. The number of nitrogens with one attached hydrogen (secondary N) is 1. The van der Waals surface area contributed by atoms with Crippen molar-refractivity contribution in [3.05, 3.63) is 51.3 Å². The summed E-state index contributed by atoms with van der Waals surface area (Å²) >= 11 is 9.37. The molecule has 1 aromatic heterocycles. The summed E-state index contributed by atoms with van der Waals surface area (Å²) in [6.07, 6.45) is 0. The van der Waals surface area contributed by atoms with Crippen molar-refractivity contribution in [1.29, 1.82) is 0 Å². The van der Waals surface area contributed by atoms with Gasteiger partial charge in [-0.3, -0.25) is 4.79 Å². The van der Waals surface area contributed by atoms with Crippen LogP contribution in [0.25, 0.3) is 0 Å². The highest BCUT2D eigenvalue weighted by Crippen LogP contribution is 2.28. The minimum absolute atomic E-state index is 0.209. The molecule has 0 atom stereocenters. The number of carbonyl (C=O) groups is 1. The van der Waals surface area contributed by atoms with Gasteiger partial charge in [0.15, 0.2) is 5.76 Å². The van der Waals surface area contributed by atoms with Crippen LogP contribution >= 0.6 is 27.5 Å². The molecule has 4 nitrogen and oxygen atoms in total. The van der Waals surface area contributed by atoms with Gasteiger partial charge in [0.25, 0.3) is 5.91 Å². The highest BCUT2D eigenvalue weighted by Gasteiger charge is 2.11. The van der Waals surface area contributed by atoms with Gasteiger partial charge in [0.2, 0.25) is 0 Å². The molecule has 1 N–H and O–H groups in total. The predicted octanol–water partition coefficient (Wildman–Crippen LogP) is 4.02. The Bertz CT molecular complexity index is 612. The Hall–Kier alpha value is -1.46. The topological polar surface area (TPSA) is 51.5 Å². The number of halogens is 2. The zero-order chi connectivity index (χ0) is 14.5. The Balaban J connectivity index is 1.99. The minimum Gasteiger partial charge on any atom is -0.484 e. The van der Waals surface area contributed by atoms with Crippen molar-refractivity contribution in [2.45, 2.75) is 13.5 Å². The number of amides is 1. The van der Waals surface area contributed by atoms with Crippen molar-refractivity contribution in [2.24, 2.45) is 0 Å². The van der Waals surface area contributed by atoms with E-state index in [9.17, 15) is 4.79 Å². The standard InChI is InChI=1S/C14H13BrClNO3/c1-2-17-14(18)13-6-4-10(20-13)8-19-12-5-3-9(15)7-11(12)16/h3-7H,2,8H2,1H3,(H,17,18). The van der Waals surface area contributed by atoms with Crippen molar-refractivity contribution in [3.8, 4) is 5.75 Å². The molecular formula is C14H13BrClNO3. The van der Waals surface area contributed by atoms with Gasteiger partial charge in [0.05, 0.1) is 5.02 Å². The molecule has 0 fully saturated rings. The van der Waals surface area contributed by atoms with Crippen molar-refractivity contribution < 1.29 is 13.9 Å². The summed E-state index contributed by atoms with van der Waals surface area (Å²) in [5.74, 6) is 1.16. The number of benzene rings is 1. The summed E-state index contributed by atoms with van der Waals surface area (Å²) in [6.45, 7) is 2.61. The first-order chi connectivity index (χ1) is 9.60. The smallest absolute Gasteiger partial charge is 0.286 e. The van der Waals surface area contributed by atoms with Gasteiger partial charge in [-0.2, -0.15) is 0 Å². The maximum atomic E-state index is 11.6. The van der Waals surface area contributed by atoms with E-state index in [1.807, 2.05) is 13.0 Å². The average molecular weight is 359 g/mol. The maximum absolute atomic E-state index is 11.6. The summed E-state index contributed by atoms with van der Waals surface area (Å²) in [7, 11) is 0. The quantitative estimate of drug-likeness (QED) is 0.878. The summed E-state index contributed by atoms with van der Waals surface area (Å²) < 4.78 is 11.8. The summed E-state index contributed by atoms with van der Waals surface area (Å²) in [6, 6.07) is 8.67. The van der Waals surface area contributed by atoms with Crippen LogP contribution in [0, 0.1) is 0 Å². The Morgan fingerprint density at radius 2 is 2.20 bits per heavy atom. The lowest BCUT2D eigenvalue weighted by Gasteiger charge is -2.06. The van der Waals surface area contributed by atoms with E-state index >= 15 is 0 Å². The Morgan fingerprint density at radius 3 is 2.90 bits per heavy atom. The van der Waals surface area contributed by atoms with E-state index in [1.165, 1.54) is 0 Å². The Labute approximate surface area is 130 Å². The highest BCUT2D eigenvalue weighted by atomic mass is 79.9. The fraction of sp³-hybridized carbons (Fsp3) is 0.214. The van der Waals surface area contributed by atoms with Gasteiger partial charge < -0.3 is 14.5 Å². The van der Waals surface area contributed by atoms with Crippen LogP contribution < -0.4 is 10.1 Å². The molecule has 0 unspecified atom stereocenters.